The first-order valence-electron chi connectivity index (χ1n) is 10.4. The molecule has 1 saturated heterocycles. The van der Waals surface area contributed by atoms with E-state index in [1.165, 1.54) is 0 Å². The quantitative estimate of drug-likeness (QED) is 0.624. The number of aromatic nitrogens is 4. The molecule has 3 aromatic heterocycles. The van der Waals surface area contributed by atoms with Crippen LogP contribution in [-0.4, -0.2) is 43.5 Å². The molecule has 6 nitrogen and oxygen atoms in total. The van der Waals surface area contributed by atoms with Gasteiger partial charge in [-0.25, -0.2) is 9.50 Å². The van der Waals surface area contributed by atoms with Gasteiger partial charge in [0.05, 0.1) is 5.69 Å². The normalized spacial score (nSPS) is 15.6. The molecule has 0 radical (unpaired) electrons. The monoisotopic (exact) mass is 431 g/mol. The Bertz CT molecular complexity index is 1100. The van der Waals surface area contributed by atoms with Gasteiger partial charge < -0.3 is 4.90 Å². The van der Waals surface area contributed by atoms with Crippen LogP contribution in [-0.2, 0) is 17.4 Å². The van der Waals surface area contributed by atoms with Gasteiger partial charge in [0.2, 0.25) is 5.91 Å². The van der Waals surface area contributed by atoms with Crippen LogP contribution >= 0.6 is 0 Å². The van der Waals surface area contributed by atoms with E-state index in [4.69, 9.17) is 0 Å². The van der Waals surface area contributed by atoms with Crippen LogP contribution in [0.4, 0.5) is 13.2 Å². The molecule has 1 aliphatic heterocycles. The molecule has 1 aliphatic rings. The predicted octanol–water partition coefficient (Wildman–Crippen LogP) is 4.10. The number of carbonyl (C=O) groups is 1. The summed E-state index contributed by atoms with van der Waals surface area (Å²) in [7, 11) is 0. The average molecular weight is 431 g/mol. The fourth-order valence-electron chi connectivity index (χ4n) is 4.08. The van der Waals surface area contributed by atoms with Crippen LogP contribution < -0.4 is 0 Å². The highest BCUT2D eigenvalue weighted by atomic mass is 19.4. The third kappa shape index (κ3) is 4.70. The fourth-order valence-corrected chi connectivity index (χ4v) is 4.08. The van der Waals surface area contributed by atoms with Crippen molar-refractivity contribution in [2.75, 3.05) is 13.1 Å². The molecule has 31 heavy (non-hydrogen) atoms. The van der Waals surface area contributed by atoms with Gasteiger partial charge in [-0.05, 0) is 51.3 Å². The molecule has 4 rings (SSSR count). The van der Waals surface area contributed by atoms with E-state index in [0.717, 1.165) is 22.0 Å². The Hall–Kier alpha value is -2.97. The first-order valence-corrected chi connectivity index (χ1v) is 10.4. The molecule has 1 amide bonds. The number of hydrogen-bond acceptors (Lipinski definition) is 4. The van der Waals surface area contributed by atoms with Crippen molar-refractivity contribution in [1.82, 2.24) is 24.5 Å². The maximum atomic E-state index is 13.5. The lowest BCUT2D eigenvalue weighted by Crippen LogP contribution is -2.38. The molecule has 3 aromatic rings. The van der Waals surface area contributed by atoms with Gasteiger partial charge in [-0.3, -0.25) is 9.78 Å². The first kappa shape index (κ1) is 21.3. The van der Waals surface area contributed by atoms with Gasteiger partial charge in [0.15, 0.2) is 5.65 Å². The second kappa shape index (κ2) is 8.28. The molecule has 1 fully saturated rings. The first-order chi connectivity index (χ1) is 14.7. The number of hydrogen-bond donors (Lipinski definition) is 0. The summed E-state index contributed by atoms with van der Waals surface area (Å²) in [5.74, 6) is -0.0728. The van der Waals surface area contributed by atoms with Crippen LogP contribution in [0, 0.1) is 13.8 Å². The summed E-state index contributed by atoms with van der Waals surface area (Å²) in [6, 6.07) is 8.40. The number of rotatable bonds is 4. The third-order valence-electron chi connectivity index (χ3n) is 5.67. The van der Waals surface area contributed by atoms with Gasteiger partial charge in [0.25, 0.3) is 0 Å². The highest BCUT2D eigenvalue weighted by Gasteiger charge is 2.36. The van der Waals surface area contributed by atoms with Crippen molar-refractivity contribution < 1.29 is 18.0 Å². The predicted molar refractivity (Wildman–Crippen MR) is 109 cm³/mol. The molecular formula is C22H24F3N5O. The summed E-state index contributed by atoms with van der Waals surface area (Å²) < 4.78 is 41.5. The molecule has 0 unspecified atom stereocenters. The summed E-state index contributed by atoms with van der Waals surface area (Å²) in [5, 5.41) is 3.93. The fraction of sp³-hybridized carbons (Fsp3) is 0.455. The van der Waals surface area contributed by atoms with Crippen LogP contribution in [0.5, 0.6) is 0 Å². The largest absolute Gasteiger partial charge is 0.433 e. The van der Waals surface area contributed by atoms with E-state index >= 15 is 0 Å². The number of carbonyl (C=O) groups excluding carboxylic acids is 1. The number of halogens is 3. The molecule has 4 heterocycles. The molecule has 0 atom stereocenters. The summed E-state index contributed by atoms with van der Waals surface area (Å²) >= 11 is 0. The Kier molecular flexibility index (Phi) is 5.68. The number of aryl methyl sites for hydroxylation is 3. The van der Waals surface area contributed by atoms with E-state index in [9.17, 15) is 18.0 Å². The van der Waals surface area contributed by atoms with Gasteiger partial charge in [-0.15, -0.1) is 0 Å². The zero-order valence-corrected chi connectivity index (χ0v) is 17.5. The van der Waals surface area contributed by atoms with E-state index in [2.05, 4.69) is 15.1 Å². The van der Waals surface area contributed by atoms with Gasteiger partial charge in [0, 0.05) is 48.6 Å². The molecule has 0 aliphatic carbocycles. The topological polar surface area (TPSA) is 63.4 Å². The minimum absolute atomic E-state index is 0.0487. The number of pyridine rings is 1. The molecule has 0 spiro atoms. The van der Waals surface area contributed by atoms with Crippen LogP contribution in [0.15, 0.2) is 30.3 Å². The van der Waals surface area contributed by atoms with Crippen LogP contribution in [0.1, 0.15) is 53.7 Å². The zero-order chi connectivity index (χ0) is 22.2. The van der Waals surface area contributed by atoms with Gasteiger partial charge in [-0.2, -0.15) is 18.3 Å². The molecule has 0 N–H and O–H groups in total. The molecular weight excluding hydrogens is 407 g/mol. The lowest BCUT2D eigenvalue weighted by Gasteiger charge is -2.32. The number of likely N-dealkylation sites (tertiary alicyclic amines) is 1. The van der Waals surface area contributed by atoms with E-state index in [1.54, 1.807) is 17.9 Å². The van der Waals surface area contributed by atoms with Crippen LogP contribution in [0.25, 0.3) is 5.65 Å². The summed E-state index contributed by atoms with van der Waals surface area (Å²) in [4.78, 5) is 23.2. The van der Waals surface area contributed by atoms with Crippen molar-refractivity contribution in [2.24, 2.45) is 0 Å². The lowest BCUT2D eigenvalue weighted by molar-refractivity contribution is -0.142. The number of piperidine rings is 1. The number of fused-ring (bicyclic) bond motifs is 1. The molecule has 9 heteroatoms. The smallest absolute Gasteiger partial charge is 0.343 e. The molecule has 0 aromatic carbocycles. The van der Waals surface area contributed by atoms with Gasteiger partial charge >= 0.3 is 6.18 Å². The van der Waals surface area contributed by atoms with E-state index in [1.807, 2.05) is 25.1 Å². The number of amides is 1. The van der Waals surface area contributed by atoms with Crippen molar-refractivity contribution in [1.29, 1.82) is 0 Å². The highest BCUT2D eigenvalue weighted by Crippen LogP contribution is 2.34. The minimum Gasteiger partial charge on any atom is -0.343 e. The lowest BCUT2D eigenvalue weighted by atomic mass is 9.92. The highest BCUT2D eigenvalue weighted by molar-refractivity contribution is 5.76. The van der Waals surface area contributed by atoms with Crippen molar-refractivity contribution in [2.45, 2.75) is 51.6 Å². The standard InChI is InChI=1S/C22H24F3N5O/c1-14-4-3-5-17(26-14)6-7-21(31)29-10-8-16(9-11-29)18-13-19(22(23,24)25)30-20(27-18)12-15(2)28-30/h3-5,12-13,16H,6-11H2,1-2H3. The third-order valence-corrected chi connectivity index (χ3v) is 5.67. The van der Waals surface area contributed by atoms with Crippen molar-refractivity contribution in [3.8, 4) is 0 Å². The van der Waals surface area contributed by atoms with Crippen LogP contribution in [0.2, 0.25) is 0 Å². The average Bonchev–Trinajstić information content (AvgIpc) is 3.10. The van der Waals surface area contributed by atoms with Crippen molar-refractivity contribution >= 4 is 11.6 Å². The molecule has 164 valence electrons. The summed E-state index contributed by atoms with van der Waals surface area (Å²) in [5.41, 5.74) is 2.09. The van der Waals surface area contributed by atoms with Crippen molar-refractivity contribution in [3.05, 3.63) is 58.8 Å². The van der Waals surface area contributed by atoms with E-state index in [0.29, 0.717) is 50.2 Å². The van der Waals surface area contributed by atoms with Gasteiger partial charge in [0.1, 0.15) is 5.69 Å². The van der Waals surface area contributed by atoms with Crippen molar-refractivity contribution in [3.63, 3.8) is 0 Å². The van der Waals surface area contributed by atoms with E-state index in [-0.39, 0.29) is 17.5 Å². The van der Waals surface area contributed by atoms with Gasteiger partial charge in [-0.1, -0.05) is 6.07 Å². The Morgan fingerprint density at radius 3 is 2.52 bits per heavy atom. The second-order valence-corrected chi connectivity index (χ2v) is 8.05. The van der Waals surface area contributed by atoms with Crippen LogP contribution in [0.3, 0.4) is 0 Å². The Balaban J connectivity index is 1.42. The number of nitrogens with zero attached hydrogens (tertiary/aromatic N) is 5. The number of alkyl halides is 3. The van der Waals surface area contributed by atoms with E-state index < -0.39 is 11.9 Å². The summed E-state index contributed by atoms with van der Waals surface area (Å²) in [6.45, 7) is 4.58. The Labute approximate surface area is 178 Å². The minimum atomic E-state index is -4.52. The zero-order valence-electron chi connectivity index (χ0n) is 17.5. The Morgan fingerprint density at radius 1 is 1.10 bits per heavy atom. The SMILES string of the molecule is Cc1cccc(CCC(=O)N2CCC(c3cc(C(F)(F)F)n4nc(C)cc4n3)CC2)n1. The summed E-state index contributed by atoms with van der Waals surface area (Å²) in [6.07, 6.45) is -2.40. The maximum absolute atomic E-state index is 13.5. The second-order valence-electron chi connectivity index (χ2n) is 8.05. The Morgan fingerprint density at radius 2 is 1.84 bits per heavy atom. The maximum Gasteiger partial charge on any atom is 0.433 e. The molecule has 0 bridgehead atoms. The molecule has 0 saturated carbocycles.